The molecular formula is C11H11Cl2N3OS. The molecule has 1 aromatic carbocycles. The van der Waals surface area contributed by atoms with Crippen molar-refractivity contribution >= 4 is 39.7 Å². The van der Waals surface area contributed by atoms with E-state index in [9.17, 15) is 0 Å². The summed E-state index contributed by atoms with van der Waals surface area (Å²) in [4.78, 5) is 0. The number of halogens is 2. The number of nitrogens with one attached hydrogen (secondary N) is 1. The molecule has 0 atom stereocenters. The Hall–Kier alpha value is -1.04. The van der Waals surface area contributed by atoms with Crippen LogP contribution in [-0.4, -0.2) is 16.7 Å². The standard InChI is InChI=1S/C11H11Cl2N3OS/c1-2-14-11-16-15-10(18-11)6-17-9-4-7(12)3-8(13)5-9/h3-5H,2,6H2,1H3,(H,14,16). The van der Waals surface area contributed by atoms with Gasteiger partial charge in [0.2, 0.25) is 5.13 Å². The Bertz CT molecular complexity index is 513. The predicted molar refractivity (Wildman–Crippen MR) is 74.9 cm³/mol. The van der Waals surface area contributed by atoms with Crippen molar-refractivity contribution in [3.63, 3.8) is 0 Å². The fourth-order valence-electron chi connectivity index (χ4n) is 1.29. The molecule has 0 aliphatic heterocycles. The molecule has 0 saturated heterocycles. The largest absolute Gasteiger partial charge is 0.486 e. The molecule has 0 radical (unpaired) electrons. The highest BCUT2D eigenvalue weighted by Crippen LogP contribution is 2.25. The van der Waals surface area contributed by atoms with Crippen molar-refractivity contribution < 1.29 is 4.74 Å². The second-order valence-corrected chi connectivity index (χ2v) is 5.36. The van der Waals surface area contributed by atoms with Gasteiger partial charge in [-0.05, 0) is 25.1 Å². The van der Waals surface area contributed by atoms with E-state index in [1.165, 1.54) is 11.3 Å². The van der Waals surface area contributed by atoms with Crippen LogP contribution in [0.3, 0.4) is 0 Å². The molecule has 0 saturated carbocycles. The first-order valence-electron chi connectivity index (χ1n) is 5.32. The summed E-state index contributed by atoms with van der Waals surface area (Å²) in [6.45, 7) is 3.17. The Labute approximate surface area is 119 Å². The smallest absolute Gasteiger partial charge is 0.205 e. The van der Waals surface area contributed by atoms with Crippen molar-refractivity contribution in [1.29, 1.82) is 0 Å². The first kappa shape index (κ1) is 13.4. The third-order valence-electron chi connectivity index (χ3n) is 1.99. The molecule has 7 heteroatoms. The van der Waals surface area contributed by atoms with E-state index in [4.69, 9.17) is 27.9 Å². The van der Waals surface area contributed by atoms with Gasteiger partial charge in [0.05, 0.1) is 0 Å². The Morgan fingerprint density at radius 2 is 1.94 bits per heavy atom. The van der Waals surface area contributed by atoms with Crippen LogP contribution in [0.4, 0.5) is 5.13 Å². The average molecular weight is 304 g/mol. The van der Waals surface area contributed by atoms with Crippen LogP contribution in [0.5, 0.6) is 5.75 Å². The lowest BCUT2D eigenvalue weighted by atomic mass is 10.3. The molecule has 1 heterocycles. The fourth-order valence-corrected chi connectivity index (χ4v) is 2.52. The zero-order valence-corrected chi connectivity index (χ0v) is 11.9. The summed E-state index contributed by atoms with van der Waals surface area (Å²) in [7, 11) is 0. The van der Waals surface area contributed by atoms with Gasteiger partial charge in [-0.2, -0.15) is 0 Å². The van der Waals surface area contributed by atoms with E-state index in [1.807, 2.05) is 6.92 Å². The highest BCUT2D eigenvalue weighted by molar-refractivity contribution is 7.15. The topological polar surface area (TPSA) is 47.0 Å². The maximum absolute atomic E-state index is 5.88. The van der Waals surface area contributed by atoms with Gasteiger partial charge in [0.25, 0.3) is 0 Å². The van der Waals surface area contributed by atoms with Crippen LogP contribution in [0.25, 0.3) is 0 Å². The van der Waals surface area contributed by atoms with E-state index in [1.54, 1.807) is 18.2 Å². The molecule has 0 unspecified atom stereocenters. The SMILES string of the molecule is CCNc1nnc(COc2cc(Cl)cc(Cl)c2)s1. The second-order valence-electron chi connectivity index (χ2n) is 3.43. The molecule has 0 bridgehead atoms. The van der Waals surface area contributed by atoms with E-state index in [0.717, 1.165) is 16.7 Å². The monoisotopic (exact) mass is 303 g/mol. The summed E-state index contributed by atoms with van der Waals surface area (Å²) in [5.41, 5.74) is 0. The van der Waals surface area contributed by atoms with Gasteiger partial charge >= 0.3 is 0 Å². The van der Waals surface area contributed by atoms with Gasteiger partial charge in [0, 0.05) is 16.6 Å². The van der Waals surface area contributed by atoms with Crippen LogP contribution in [0.1, 0.15) is 11.9 Å². The second kappa shape index (κ2) is 6.22. The van der Waals surface area contributed by atoms with Crippen molar-refractivity contribution in [2.75, 3.05) is 11.9 Å². The van der Waals surface area contributed by atoms with E-state index in [-0.39, 0.29) is 0 Å². The zero-order valence-electron chi connectivity index (χ0n) is 9.61. The first-order valence-corrected chi connectivity index (χ1v) is 6.89. The van der Waals surface area contributed by atoms with Gasteiger partial charge < -0.3 is 10.1 Å². The van der Waals surface area contributed by atoms with Gasteiger partial charge in [-0.15, -0.1) is 10.2 Å². The molecule has 0 fully saturated rings. The number of rotatable bonds is 5. The molecule has 2 aromatic rings. The molecule has 0 amide bonds. The normalized spacial score (nSPS) is 10.4. The van der Waals surface area contributed by atoms with Crippen molar-refractivity contribution in [2.24, 2.45) is 0 Å². The van der Waals surface area contributed by atoms with Crippen molar-refractivity contribution in [3.8, 4) is 5.75 Å². The summed E-state index contributed by atoms with van der Waals surface area (Å²) in [6, 6.07) is 5.07. The van der Waals surface area contributed by atoms with E-state index in [0.29, 0.717) is 22.4 Å². The lowest BCUT2D eigenvalue weighted by Crippen LogP contribution is -1.94. The minimum atomic E-state index is 0.347. The molecule has 18 heavy (non-hydrogen) atoms. The predicted octanol–water partition coefficient (Wildman–Crippen LogP) is 3.86. The van der Waals surface area contributed by atoms with E-state index < -0.39 is 0 Å². The van der Waals surface area contributed by atoms with Gasteiger partial charge in [-0.1, -0.05) is 34.5 Å². The molecule has 96 valence electrons. The highest BCUT2D eigenvalue weighted by atomic mass is 35.5. The maximum atomic E-state index is 5.88. The lowest BCUT2D eigenvalue weighted by molar-refractivity contribution is 0.304. The molecule has 0 aliphatic rings. The van der Waals surface area contributed by atoms with Crippen molar-refractivity contribution in [2.45, 2.75) is 13.5 Å². The van der Waals surface area contributed by atoms with Crippen LogP contribution >= 0.6 is 34.5 Å². The minimum Gasteiger partial charge on any atom is -0.486 e. The minimum absolute atomic E-state index is 0.347. The van der Waals surface area contributed by atoms with Crippen LogP contribution in [0, 0.1) is 0 Å². The van der Waals surface area contributed by atoms with Crippen molar-refractivity contribution in [1.82, 2.24) is 10.2 Å². The number of aromatic nitrogens is 2. The van der Waals surface area contributed by atoms with Gasteiger partial charge in [-0.3, -0.25) is 0 Å². The maximum Gasteiger partial charge on any atom is 0.205 e. The lowest BCUT2D eigenvalue weighted by Gasteiger charge is -2.04. The van der Waals surface area contributed by atoms with E-state index >= 15 is 0 Å². The summed E-state index contributed by atoms with van der Waals surface area (Å²) < 4.78 is 5.56. The van der Waals surface area contributed by atoms with Crippen LogP contribution in [0.15, 0.2) is 18.2 Å². The summed E-state index contributed by atoms with van der Waals surface area (Å²) in [5, 5.41) is 13.8. The Morgan fingerprint density at radius 3 is 2.61 bits per heavy atom. The average Bonchev–Trinajstić information content (AvgIpc) is 2.74. The Morgan fingerprint density at radius 1 is 1.22 bits per heavy atom. The third kappa shape index (κ3) is 3.73. The zero-order chi connectivity index (χ0) is 13.0. The number of anilines is 1. The molecule has 1 N–H and O–H groups in total. The molecule has 1 aromatic heterocycles. The highest BCUT2D eigenvalue weighted by Gasteiger charge is 2.05. The molecule has 0 aliphatic carbocycles. The Kier molecular flexibility index (Phi) is 4.63. The van der Waals surface area contributed by atoms with Crippen LogP contribution < -0.4 is 10.1 Å². The van der Waals surface area contributed by atoms with Gasteiger partial charge in [0.15, 0.2) is 5.01 Å². The molecule has 0 spiro atoms. The number of hydrogen-bond acceptors (Lipinski definition) is 5. The molecule has 2 rings (SSSR count). The summed E-state index contributed by atoms with van der Waals surface area (Å²) in [6.07, 6.45) is 0. The summed E-state index contributed by atoms with van der Waals surface area (Å²) in [5.74, 6) is 0.618. The molecular weight excluding hydrogens is 293 g/mol. The van der Waals surface area contributed by atoms with Crippen molar-refractivity contribution in [3.05, 3.63) is 33.3 Å². The van der Waals surface area contributed by atoms with Gasteiger partial charge in [-0.25, -0.2) is 0 Å². The quantitative estimate of drug-likeness (QED) is 0.911. The first-order chi connectivity index (χ1) is 8.67. The van der Waals surface area contributed by atoms with E-state index in [2.05, 4.69) is 15.5 Å². The number of nitrogens with zero attached hydrogens (tertiary/aromatic N) is 2. The summed E-state index contributed by atoms with van der Waals surface area (Å²) >= 11 is 13.2. The number of hydrogen-bond donors (Lipinski definition) is 1. The Balaban J connectivity index is 1.97. The third-order valence-corrected chi connectivity index (χ3v) is 3.28. The molecule has 4 nitrogen and oxygen atoms in total. The van der Waals surface area contributed by atoms with Crippen LogP contribution in [0.2, 0.25) is 10.0 Å². The number of benzene rings is 1. The van der Waals surface area contributed by atoms with Crippen LogP contribution in [-0.2, 0) is 6.61 Å². The fraction of sp³-hybridized carbons (Fsp3) is 0.273. The number of ether oxygens (including phenoxy) is 1. The van der Waals surface area contributed by atoms with Gasteiger partial charge in [0.1, 0.15) is 12.4 Å².